The largest absolute Gasteiger partial charge is 0.476 e. The van der Waals surface area contributed by atoms with Crippen molar-refractivity contribution in [3.05, 3.63) is 17.0 Å². The summed E-state index contributed by atoms with van der Waals surface area (Å²) in [6.45, 7) is 3.84. The second-order valence-corrected chi connectivity index (χ2v) is 3.94. The van der Waals surface area contributed by atoms with E-state index in [0.29, 0.717) is 18.4 Å². The zero-order chi connectivity index (χ0) is 11.2. The van der Waals surface area contributed by atoms with Gasteiger partial charge >= 0.3 is 5.97 Å². The lowest BCUT2D eigenvalue weighted by Gasteiger charge is -2.07. The number of carbonyl (C=O) groups excluding carboxylic acids is 1. The van der Waals surface area contributed by atoms with Gasteiger partial charge in [-0.25, -0.2) is 4.79 Å². The van der Waals surface area contributed by atoms with Gasteiger partial charge in [-0.05, 0) is 20.3 Å². The quantitative estimate of drug-likeness (QED) is 0.794. The summed E-state index contributed by atoms with van der Waals surface area (Å²) < 4.78 is 1.64. The number of carbonyl (C=O) groups is 2. The molecule has 0 aliphatic heterocycles. The molecule has 1 N–H and O–H groups in total. The Morgan fingerprint density at radius 1 is 1.47 bits per heavy atom. The summed E-state index contributed by atoms with van der Waals surface area (Å²) in [6.07, 6.45) is 1.01. The van der Waals surface area contributed by atoms with Gasteiger partial charge in [-0.2, -0.15) is 5.10 Å². The van der Waals surface area contributed by atoms with Crippen LogP contribution in [0.2, 0.25) is 0 Å². The molecule has 5 nitrogen and oxygen atoms in total. The molecule has 1 aliphatic rings. The highest BCUT2D eigenvalue weighted by atomic mass is 16.4. The minimum Gasteiger partial charge on any atom is -0.476 e. The number of nitrogens with zero attached hydrogens (tertiary/aromatic N) is 2. The van der Waals surface area contributed by atoms with Crippen molar-refractivity contribution < 1.29 is 14.7 Å². The average molecular weight is 208 g/mol. The van der Waals surface area contributed by atoms with E-state index in [1.54, 1.807) is 4.68 Å². The van der Waals surface area contributed by atoms with Crippen LogP contribution in [0.3, 0.4) is 0 Å². The number of Topliss-reactive ketones (excluding diaryl/α,β-unsaturated/α-hetero) is 1. The molecule has 0 aromatic carbocycles. The molecule has 0 saturated heterocycles. The van der Waals surface area contributed by atoms with Crippen LogP contribution >= 0.6 is 0 Å². The van der Waals surface area contributed by atoms with Gasteiger partial charge in [0.2, 0.25) is 0 Å². The topological polar surface area (TPSA) is 72.2 Å². The third-order valence-electron chi connectivity index (χ3n) is 2.57. The Kier molecular flexibility index (Phi) is 2.10. The second kappa shape index (κ2) is 3.18. The molecule has 0 radical (unpaired) electrons. The van der Waals surface area contributed by atoms with Crippen LogP contribution < -0.4 is 0 Å². The normalized spacial score (nSPS) is 14.7. The van der Waals surface area contributed by atoms with Gasteiger partial charge in [-0.1, -0.05) is 0 Å². The Labute approximate surface area is 86.7 Å². The van der Waals surface area contributed by atoms with Gasteiger partial charge < -0.3 is 5.11 Å². The Hall–Kier alpha value is -1.65. The van der Waals surface area contributed by atoms with E-state index in [1.165, 1.54) is 0 Å². The Balaban J connectivity index is 2.64. The van der Waals surface area contributed by atoms with Gasteiger partial charge in [-0.15, -0.1) is 0 Å². The molecule has 0 fully saturated rings. The number of ketones is 1. The molecule has 0 unspecified atom stereocenters. The molecule has 1 aromatic heterocycles. The van der Waals surface area contributed by atoms with Gasteiger partial charge in [-0.3, -0.25) is 9.48 Å². The summed E-state index contributed by atoms with van der Waals surface area (Å²) >= 11 is 0. The van der Waals surface area contributed by atoms with E-state index in [-0.39, 0.29) is 17.5 Å². The highest BCUT2D eigenvalue weighted by Crippen LogP contribution is 2.27. The maximum Gasteiger partial charge on any atom is 0.357 e. The average Bonchev–Trinajstić information content (AvgIpc) is 2.66. The minimum atomic E-state index is -1.12. The predicted molar refractivity (Wildman–Crippen MR) is 52.2 cm³/mol. The van der Waals surface area contributed by atoms with Crippen molar-refractivity contribution in [2.24, 2.45) is 0 Å². The molecule has 1 aromatic rings. The van der Waals surface area contributed by atoms with Crippen molar-refractivity contribution in [2.75, 3.05) is 0 Å². The van der Waals surface area contributed by atoms with Gasteiger partial charge in [0.05, 0.1) is 11.3 Å². The molecule has 0 atom stereocenters. The molecular formula is C10H12N2O3. The molecule has 0 spiro atoms. The number of carboxylic acids is 1. The van der Waals surface area contributed by atoms with Crippen molar-refractivity contribution in [1.82, 2.24) is 9.78 Å². The number of rotatable bonds is 2. The smallest absolute Gasteiger partial charge is 0.357 e. The summed E-state index contributed by atoms with van der Waals surface area (Å²) in [7, 11) is 0. The predicted octanol–water partition coefficient (Wildman–Crippen LogP) is 1.29. The highest BCUT2D eigenvalue weighted by molar-refractivity contribution is 6.07. The SMILES string of the molecule is CC(C)n1nc(C(=O)O)c2c1CCC2=O. The molecule has 0 amide bonds. The zero-order valence-electron chi connectivity index (χ0n) is 8.65. The van der Waals surface area contributed by atoms with Crippen molar-refractivity contribution in [3.8, 4) is 0 Å². The van der Waals surface area contributed by atoms with Crippen LogP contribution in [0.1, 0.15) is 52.9 Å². The minimum absolute atomic E-state index is 0.0812. The molecule has 2 rings (SSSR count). The molecule has 0 bridgehead atoms. The molecule has 1 aliphatic carbocycles. The summed E-state index contributed by atoms with van der Waals surface area (Å²) in [6, 6.07) is 0.0812. The summed E-state index contributed by atoms with van der Waals surface area (Å²) in [5.41, 5.74) is 0.991. The van der Waals surface area contributed by atoms with Crippen molar-refractivity contribution in [2.45, 2.75) is 32.7 Å². The van der Waals surface area contributed by atoms with Crippen molar-refractivity contribution >= 4 is 11.8 Å². The lowest BCUT2D eigenvalue weighted by molar-refractivity contribution is 0.0684. The fourth-order valence-electron chi connectivity index (χ4n) is 1.94. The number of aromatic nitrogens is 2. The van der Waals surface area contributed by atoms with E-state index in [4.69, 9.17) is 5.11 Å². The van der Waals surface area contributed by atoms with Gasteiger partial charge in [0.15, 0.2) is 11.5 Å². The van der Waals surface area contributed by atoms with Crippen molar-refractivity contribution in [1.29, 1.82) is 0 Å². The lowest BCUT2D eigenvalue weighted by Crippen LogP contribution is -2.09. The van der Waals surface area contributed by atoms with Crippen LogP contribution in [-0.4, -0.2) is 26.6 Å². The lowest BCUT2D eigenvalue weighted by atomic mass is 10.2. The van der Waals surface area contributed by atoms with E-state index in [1.807, 2.05) is 13.8 Å². The highest BCUT2D eigenvalue weighted by Gasteiger charge is 2.32. The molecule has 1 heterocycles. The van der Waals surface area contributed by atoms with Crippen LogP contribution in [0.25, 0.3) is 0 Å². The molecular weight excluding hydrogens is 196 g/mol. The van der Waals surface area contributed by atoms with Gasteiger partial charge in [0.1, 0.15) is 0 Å². The summed E-state index contributed by atoms with van der Waals surface area (Å²) in [5.74, 6) is -1.23. The number of hydrogen-bond donors (Lipinski definition) is 1. The molecule has 80 valence electrons. The number of aromatic carboxylic acids is 1. The first-order chi connectivity index (χ1) is 7.02. The second-order valence-electron chi connectivity index (χ2n) is 3.94. The van der Waals surface area contributed by atoms with E-state index in [0.717, 1.165) is 5.69 Å². The van der Waals surface area contributed by atoms with Crippen LogP contribution in [0.15, 0.2) is 0 Å². The van der Waals surface area contributed by atoms with Crippen LogP contribution in [0.4, 0.5) is 0 Å². The van der Waals surface area contributed by atoms with Gasteiger partial charge in [0, 0.05) is 12.5 Å². The third-order valence-corrected chi connectivity index (χ3v) is 2.57. The maximum atomic E-state index is 11.5. The van der Waals surface area contributed by atoms with E-state index >= 15 is 0 Å². The third kappa shape index (κ3) is 1.35. The van der Waals surface area contributed by atoms with Gasteiger partial charge in [0.25, 0.3) is 0 Å². The standard InChI is InChI=1S/C10H12N2O3/c1-5(2)12-6-3-4-7(13)8(6)9(11-12)10(14)15/h5H,3-4H2,1-2H3,(H,14,15). The van der Waals surface area contributed by atoms with Crippen molar-refractivity contribution in [3.63, 3.8) is 0 Å². The van der Waals surface area contributed by atoms with Crippen LogP contribution in [0.5, 0.6) is 0 Å². The first kappa shape index (κ1) is 9.89. The Bertz CT molecular complexity index is 446. The summed E-state index contributed by atoms with van der Waals surface area (Å²) in [4.78, 5) is 22.4. The Morgan fingerprint density at radius 2 is 2.13 bits per heavy atom. The van der Waals surface area contributed by atoms with E-state index < -0.39 is 5.97 Å². The zero-order valence-corrected chi connectivity index (χ0v) is 8.65. The van der Waals surface area contributed by atoms with E-state index in [9.17, 15) is 9.59 Å². The maximum absolute atomic E-state index is 11.5. The summed E-state index contributed by atoms with van der Waals surface area (Å²) in [5, 5.41) is 12.9. The monoisotopic (exact) mass is 208 g/mol. The Morgan fingerprint density at radius 3 is 2.67 bits per heavy atom. The molecule has 5 heteroatoms. The fourth-order valence-corrected chi connectivity index (χ4v) is 1.94. The number of hydrogen-bond acceptors (Lipinski definition) is 3. The van der Waals surface area contributed by atoms with Crippen LogP contribution in [-0.2, 0) is 6.42 Å². The number of fused-ring (bicyclic) bond motifs is 1. The fraction of sp³-hybridized carbons (Fsp3) is 0.500. The first-order valence-corrected chi connectivity index (χ1v) is 4.90. The number of carboxylic acid groups (broad SMARTS) is 1. The molecule has 15 heavy (non-hydrogen) atoms. The first-order valence-electron chi connectivity index (χ1n) is 4.90. The van der Waals surface area contributed by atoms with E-state index in [2.05, 4.69) is 5.10 Å². The molecule has 0 saturated carbocycles. The van der Waals surface area contributed by atoms with Crippen LogP contribution in [0, 0.1) is 0 Å².